The van der Waals surface area contributed by atoms with E-state index in [4.69, 9.17) is 17.3 Å². The van der Waals surface area contributed by atoms with E-state index in [0.29, 0.717) is 11.4 Å². The molecule has 2 rings (SSSR count). The van der Waals surface area contributed by atoms with Gasteiger partial charge in [-0.25, -0.2) is 4.39 Å². The van der Waals surface area contributed by atoms with Gasteiger partial charge < -0.3 is 11.1 Å². The van der Waals surface area contributed by atoms with Crippen LogP contribution in [0.2, 0.25) is 5.02 Å². The van der Waals surface area contributed by atoms with Crippen molar-refractivity contribution >= 4 is 28.9 Å². The standard InChI is InChI=1S/C16H16ClFN2O/c1-16(2,10-3-5-11(19)6-4-10)15(21)20-12-7-8-13(17)14(18)9-12/h3-9H,19H2,1-2H3,(H,20,21). The monoisotopic (exact) mass is 306 g/mol. The largest absolute Gasteiger partial charge is 0.399 e. The fraction of sp³-hybridized carbons (Fsp3) is 0.188. The third-order valence-electron chi connectivity index (χ3n) is 3.38. The van der Waals surface area contributed by atoms with Gasteiger partial charge in [-0.15, -0.1) is 0 Å². The number of carbonyl (C=O) groups is 1. The average molecular weight is 307 g/mol. The molecule has 2 aromatic rings. The highest BCUT2D eigenvalue weighted by atomic mass is 35.5. The molecule has 0 radical (unpaired) electrons. The smallest absolute Gasteiger partial charge is 0.234 e. The van der Waals surface area contributed by atoms with Gasteiger partial charge in [-0.1, -0.05) is 23.7 Å². The number of rotatable bonds is 3. The maximum atomic E-state index is 13.4. The molecule has 3 N–H and O–H groups in total. The Labute approximate surface area is 127 Å². The van der Waals surface area contributed by atoms with Crippen molar-refractivity contribution in [3.8, 4) is 0 Å². The number of halogens is 2. The van der Waals surface area contributed by atoms with Gasteiger partial charge in [-0.3, -0.25) is 4.79 Å². The summed E-state index contributed by atoms with van der Waals surface area (Å²) in [7, 11) is 0. The van der Waals surface area contributed by atoms with Crippen molar-refractivity contribution in [2.75, 3.05) is 11.1 Å². The molecule has 0 bridgehead atoms. The van der Waals surface area contributed by atoms with Crippen LogP contribution in [0, 0.1) is 5.82 Å². The van der Waals surface area contributed by atoms with Gasteiger partial charge in [0.1, 0.15) is 5.82 Å². The van der Waals surface area contributed by atoms with Crippen molar-refractivity contribution in [3.05, 3.63) is 58.9 Å². The quantitative estimate of drug-likeness (QED) is 0.843. The first-order valence-electron chi connectivity index (χ1n) is 6.43. The second-order valence-electron chi connectivity index (χ2n) is 5.33. The zero-order valence-electron chi connectivity index (χ0n) is 11.8. The van der Waals surface area contributed by atoms with E-state index in [0.717, 1.165) is 5.56 Å². The third kappa shape index (κ3) is 3.34. The first kappa shape index (κ1) is 15.3. The topological polar surface area (TPSA) is 55.1 Å². The van der Waals surface area contributed by atoms with Crippen LogP contribution in [0.3, 0.4) is 0 Å². The zero-order chi connectivity index (χ0) is 15.6. The fourth-order valence-electron chi connectivity index (χ4n) is 1.89. The minimum Gasteiger partial charge on any atom is -0.399 e. The van der Waals surface area contributed by atoms with E-state index >= 15 is 0 Å². The molecular weight excluding hydrogens is 291 g/mol. The minimum atomic E-state index is -0.774. The lowest BCUT2D eigenvalue weighted by atomic mass is 9.83. The van der Waals surface area contributed by atoms with Crippen LogP contribution in [0.15, 0.2) is 42.5 Å². The maximum Gasteiger partial charge on any atom is 0.234 e. The summed E-state index contributed by atoms with van der Waals surface area (Å²) in [6.07, 6.45) is 0. The van der Waals surface area contributed by atoms with E-state index < -0.39 is 11.2 Å². The van der Waals surface area contributed by atoms with Crippen LogP contribution in [0.5, 0.6) is 0 Å². The minimum absolute atomic E-state index is 0.0193. The molecule has 0 unspecified atom stereocenters. The van der Waals surface area contributed by atoms with E-state index in [1.165, 1.54) is 12.1 Å². The Morgan fingerprint density at radius 2 is 1.81 bits per heavy atom. The van der Waals surface area contributed by atoms with Crippen molar-refractivity contribution in [1.29, 1.82) is 0 Å². The average Bonchev–Trinajstić information content (AvgIpc) is 2.43. The number of amides is 1. The molecule has 0 fully saturated rings. The molecule has 3 nitrogen and oxygen atoms in total. The molecule has 0 aliphatic heterocycles. The van der Waals surface area contributed by atoms with Gasteiger partial charge in [0, 0.05) is 11.4 Å². The lowest BCUT2D eigenvalue weighted by Crippen LogP contribution is -2.34. The Morgan fingerprint density at radius 1 is 1.19 bits per heavy atom. The number of nitrogens with one attached hydrogen (secondary N) is 1. The van der Waals surface area contributed by atoms with Crippen LogP contribution in [0.1, 0.15) is 19.4 Å². The Hall–Kier alpha value is -2.07. The summed E-state index contributed by atoms with van der Waals surface area (Å²) < 4.78 is 13.4. The fourth-order valence-corrected chi connectivity index (χ4v) is 2.01. The Kier molecular flexibility index (Phi) is 4.19. The Bertz CT molecular complexity index is 668. The van der Waals surface area contributed by atoms with Crippen molar-refractivity contribution in [2.24, 2.45) is 0 Å². The van der Waals surface area contributed by atoms with Crippen molar-refractivity contribution in [3.63, 3.8) is 0 Å². The maximum absolute atomic E-state index is 13.4. The zero-order valence-corrected chi connectivity index (χ0v) is 12.5. The summed E-state index contributed by atoms with van der Waals surface area (Å²) in [5.74, 6) is -0.811. The predicted molar refractivity (Wildman–Crippen MR) is 83.9 cm³/mol. The van der Waals surface area contributed by atoms with Crippen LogP contribution >= 0.6 is 11.6 Å². The number of nitrogens with two attached hydrogens (primary N) is 1. The molecule has 0 atom stereocenters. The van der Waals surface area contributed by atoms with Gasteiger partial charge in [-0.2, -0.15) is 0 Å². The van der Waals surface area contributed by atoms with Crippen molar-refractivity contribution in [1.82, 2.24) is 0 Å². The lowest BCUT2D eigenvalue weighted by molar-refractivity contribution is -0.120. The van der Waals surface area contributed by atoms with Gasteiger partial charge >= 0.3 is 0 Å². The highest BCUT2D eigenvalue weighted by Crippen LogP contribution is 2.27. The Morgan fingerprint density at radius 3 is 2.38 bits per heavy atom. The van der Waals surface area contributed by atoms with Crippen LogP contribution < -0.4 is 11.1 Å². The normalized spacial score (nSPS) is 11.2. The number of carbonyl (C=O) groups excluding carboxylic acids is 1. The second-order valence-corrected chi connectivity index (χ2v) is 5.74. The number of benzene rings is 2. The molecule has 2 aromatic carbocycles. The first-order valence-corrected chi connectivity index (χ1v) is 6.81. The molecule has 0 aromatic heterocycles. The van der Waals surface area contributed by atoms with E-state index in [1.807, 2.05) is 0 Å². The van der Waals surface area contributed by atoms with Crippen LogP contribution in [0.25, 0.3) is 0 Å². The molecular formula is C16H16ClFN2O. The summed E-state index contributed by atoms with van der Waals surface area (Å²) >= 11 is 5.62. The number of hydrogen-bond acceptors (Lipinski definition) is 2. The summed E-state index contributed by atoms with van der Waals surface area (Å²) in [6.45, 7) is 3.58. The van der Waals surface area contributed by atoms with Gasteiger partial charge in [0.25, 0.3) is 0 Å². The molecule has 0 aliphatic carbocycles. The summed E-state index contributed by atoms with van der Waals surface area (Å²) in [6, 6.07) is 11.2. The summed E-state index contributed by atoms with van der Waals surface area (Å²) in [5, 5.41) is 2.71. The van der Waals surface area contributed by atoms with E-state index in [2.05, 4.69) is 5.32 Å². The Balaban J connectivity index is 2.21. The van der Waals surface area contributed by atoms with Crippen molar-refractivity contribution in [2.45, 2.75) is 19.3 Å². The summed E-state index contributed by atoms with van der Waals surface area (Å²) in [4.78, 5) is 12.4. The van der Waals surface area contributed by atoms with Crippen LogP contribution in [0.4, 0.5) is 15.8 Å². The van der Waals surface area contributed by atoms with Gasteiger partial charge in [-0.05, 0) is 49.7 Å². The molecule has 0 saturated carbocycles. The third-order valence-corrected chi connectivity index (χ3v) is 3.68. The number of hydrogen-bond donors (Lipinski definition) is 2. The SMILES string of the molecule is CC(C)(C(=O)Nc1ccc(Cl)c(F)c1)c1ccc(N)cc1. The van der Waals surface area contributed by atoms with E-state index in [9.17, 15) is 9.18 Å². The molecule has 5 heteroatoms. The molecule has 110 valence electrons. The van der Waals surface area contributed by atoms with Gasteiger partial charge in [0.2, 0.25) is 5.91 Å². The van der Waals surface area contributed by atoms with Crippen LogP contribution in [-0.4, -0.2) is 5.91 Å². The molecule has 0 aliphatic rings. The molecule has 0 saturated heterocycles. The molecule has 0 heterocycles. The van der Waals surface area contributed by atoms with Crippen molar-refractivity contribution < 1.29 is 9.18 Å². The molecule has 0 spiro atoms. The second kappa shape index (κ2) is 5.74. The van der Waals surface area contributed by atoms with Gasteiger partial charge in [0.05, 0.1) is 10.4 Å². The number of anilines is 2. The van der Waals surface area contributed by atoms with E-state index in [1.54, 1.807) is 44.2 Å². The number of nitrogen functional groups attached to an aromatic ring is 1. The first-order chi connectivity index (χ1) is 9.80. The predicted octanol–water partition coefficient (Wildman–Crippen LogP) is 3.98. The van der Waals surface area contributed by atoms with E-state index in [-0.39, 0.29) is 10.9 Å². The summed E-state index contributed by atoms with van der Waals surface area (Å²) in [5.41, 5.74) is 6.69. The molecule has 21 heavy (non-hydrogen) atoms. The van der Waals surface area contributed by atoms with Gasteiger partial charge in [0.15, 0.2) is 0 Å². The highest BCUT2D eigenvalue weighted by molar-refractivity contribution is 6.30. The molecule has 1 amide bonds. The lowest BCUT2D eigenvalue weighted by Gasteiger charge is -2.24. The van der Waals surface area contributed by atoms with Crippen LogP contribution in [-0.2, 0) is 10.2 Å². The highest BCUT2D eigenvalue weighted by Gasteiger charge is 2.29.